The first-order valence-electron chi connectivity index (χ1n) is 9.10. The van der Waals surface area contributed by atoms with E-state index in [9.17, 15) is 14.4 Å². The molecule has 5 heteroatoms. The summed E-state index contributed by atoms with van der Waals surface area (Å²) in [6, 6.07) is 0. The van der Waals surface area contributed by atoms with Crippen LogP contribution in [0.4, 0.5) is 0 Å². The third kappa shape index (κ3) is 3.15. The van der Waals surface area contributed by atoms with E-state index in [-0.39, 0.29) is 29.6 Å². The zero-order chi connectivity index (χ0) is 19.1. The molecule has 3 rings (SSSR count). The van der Waals surface area contributed by atoms with E-state index < -0.39 is 5.41 Å². The molecular formula is C21H26O5. The highest BCUT2D eigenvalue weighted by atomic mass is 16.5. The van der Waals surface area contributed by atoms with E-state index in [1.165, 1.54) is 7.11 Å². The van der Waals surface area contributed by atoms with Crippen molar-refractivity contribution in [2.24, 2.45) is 16.7 Å². The van der Waals surface area contributed by atoms with Gasteiger partial charge in [-0.2, -0.15) is 0 Å². The minimum Gasteiger partial charge on any atom is -0.468 e. The van der Waals surface area contributed by atoms with Crippen LogP contribution in [-0.4, -0.2) is 31.4 Å². The van der Waals surface area contributed by atoms with Gasteiger partial charge in [0.05, 0.1) is 12.5 Å². The van der Waals surface area contributed by atoms with Gasteiger partial charge in [-0.25, -0.2) is 4.79 Å². The topological polar surface area (TPSA) is 69.7 Å². The Hall–Kier alpha value is -2.17. The molecule has 5 nitrogen and oxygen atoms in total. The fourth-order valence-electron chi connectivity index (χ4n) is 4.61. The van der Waals surface area contributed by atoms with Gasteiger partial charge in [-0.1, -0.05) is 19.9 Å². The molecule has 0 aromatic rings. The molecule has 0 N–H and O–H groups in total. The molecule has 0 saturated carbocycles. The maximum Gasteiger partial charge on any atom is 0.331 e. The molecule has 140 valence electrons. The molecule has 2 aliphatic carbocycles. The number of methoxy groups -OCH3 is 1. The number of allylic oxidation sites excluding steroid dienone is 3. The monoisotopic (exact) mass is 358 g/mol. The summed E-state index contributed by atoms with van der Waals surface area (Å²) in [5.74, 6) is -0.395. The van der Waals surface area contributed by atoms with Crippen LogP contribution < -0.4 is 0 Å². The molecule has 3 aliphatic rings. The van der Waals surface area contributed by atoms with Crippen molar-refractivity contribution in [1.82, 2.24) is 0 Å². The highest BCUT2D eigenvalue weighted by molar-refractivity contribution is 6.00. The zero-order valence-electron chi connectivity index (χ0n) is 15.9. The molecule has 26 heavy (non-hydrogen) atoms. The summed E-state index contributed by atoms with van der Waals surface area (Å²) in [6.07, 6.45) is 7.98. The van der Waals surface area contributed by atoms with Gasteiger partial charge >= 0.3 is 11.9 Å². The van der Waals surface area contributed by atoms with E-state index in [1.807, 2.05) is 0 Å². The van der Waals surface area contributed by atoms with E-state index in [0.717, 1.165) is 36.0 Å². The molecule has 0 aromatic heterocycles. The third-order valence-electron chi connectivity index (χ3n) is 5.95. The summed E-state index contributed by atoms with van der Waals surface area (Å²) in [5, 5.41) is 0. The van der Waals surface area contributed by atoms with E-state index in [0.29, 0.717) is 12.5 Å². The number of cyclic esters (lactones) is 1. The lowest BCUT2D eigenvalue weighted by Gasteiger charge is -2.46. The zero-order valence-corrected chi connectivity index (χ0v) is 15.9. The van der Waals surface area contributed by atoms with Gasteiger partial charge in [-0.05, 0) is 60.3 Å². The Labute approximate surface area is 154 Å². The molecule has 0 aromatic carbocycles. The largest absolute Gasteiger partial charge is 0.468 e. The van der Waals surface area contributed by atoms with Crippen molar-refractivity contribution in [3.63, 3.8) is 0 Å². The molecule has 0 saturated heterocycles. The Morgan fingerprint density at radius 1 is 1.27 bits per heavy atom. The van der Waals surface area contributed by atoms with Crippen LogP contribution in [0.25, 0.3) is 0 Å². The molecule has 0 radical (unpaired) electrons. The Bertz CT molecular complexity index is 756. The lowest BCUT2D eigenvalue weighted by atomic mass is 9.57. The van der Waals surface area contributed by atoms with Crippen molar-refractivity contribution in [3.8, 4) is 0 Å². The summed E-state index contributed by atoms with van der Waals surface area (Å²) < 4.78 is 10.0. The fourth-order valence-corrected chi connectivity index (χ4v) is 4.61. The normalized spacial score (nSPS) is 33.7. The van der Waals surface area contributed by atoms with Gasteiger partial charge in [0.25, 0.3) is 0 Å². The van der Waals surface area contributed by atoms with Gasteiger partial charge < -0.3 is 9.47 Å². The Morgan fingerprint density at radius 3 is 2.62 bits per heavy atom. The standard InChI is InChI=1S/C21H26O5/c1-13-7-17-16(9-15(22)11-21(17,3)19(24)25-4)20(2,10-13)6-5-14-8-18(23)26-12-14/h7-9,13H,5-6,10-12H2,1-4H3/t13-,20?,21-/m1/s1. The molecule has 0 fully saturated rings. The van der Waals surface area contributed by atoms with Crippen LogP contribution in [0.3, 0.4) is 0 Å². The van der Waals surface area contributed by atoms with Crippen molar-refractivity contribution in [2.75, 3.05) is 13.7 Å². The predicted octanol–water partition coefficient (Wildman–Crippen LogP) is 3.30. The van der Waals surface area contributed by atoms with Crippen LogP contribution in [-0.2, 0) is 23.9 Å². The number of hydrogen-bond acceptors (Lipinski definition) is 5. The minimum absolute atomic E-state index is 0.0376. The maximum atomic E-state index is 12.5. The van der Waals surface area contributed by atoms with Crippen molar-refractivity contribution in [1.29, 1.82) is 0 Å². The molecule has 0 amide bonds. The lowest BCUT2D eigenvalue weighted by molar-refractivity contribution is -0.151. The number of rotatable bonds is 4. The van der Waals surface area contributed by atoms with Crippen molar-refractivity contribution in [3.05, 3.63) is 34.9 Å². The van der Waals surface area contributed by atoms with E-state index in [4.69, 9.17) is 9.47 Å². The molecule has 0 spiro atoms. The number of carbonyl (C=O) groups is 3. The molecule has 1 unspecified atom stereocenters. The smallest absolute Gasteiger partial charge is 0.331 e. The number of ether oxygens (including phenoxy) is 2. The molecule has 3 atom stereocenters. The second kappa shape index (κ2) is 6.53. The summed E-state index contributed by atoms with van der Waals surface area (Å²) in [4.78, 5) is 36.2. The van der Waals surface area contributed by atoms with E-state index in [1.54, 1.807) is 19.1 Å². The van der Waals surface area contributed by atoms with Crippen LogP contribution >= 0.6 is 0 Å². The fraction of sp³-hybridized carbons (Fsp3) is 0.571. The second-order valence-electron chi connectivity index (χ2n) is 8.26. The minimum atomic E-state index is -0.933. The van der Waals surface area contributed by atoms with Gasteiger partial charge in [-0.15, -0.1) is 0 Å². The first kappa shape index (κ1) is 18.6. The van der Waals surface area contributed by atoms with Crippen LogP contribution in [0.15, 0.2) is 34.9 Å². The van der Waals surface area contributed by atoms with Gasteiger partial charge in [-0.3, -0.25) is 9.59 Å². The average molecular weight is 358 g/mol. The number of fused-ring (bicyclic) bond motifs is 1. The van der Waals surface area contributed by atoms with Crippen molar-refractivity contribution in [2.45, 2.75) is 46.5 Å². The molecule has 1 aliphatic heterocycles. The van der Waals surface area contributed by atoms with Crippen LogP contribution in [0.5, 0.6) is 0 Å². The molecule has 1 heterocycles. The highest BCUT2D eigenvalue weighted by Crippen LogP contribution is 2.54. The molecular weight excluding hydrogens is 332 g/mol. The van der Waals surface area contributed by atoms with Crippen LogP contribution in [0.2, 0.25) is 0 Å². The van der Waals surface area contributed by atoms with E-state index in [2.05, 4.69) is 19.9 Å². The van der Waals surface area contributed by atoms with Gasteiger partial charge in [0.1, 0.15) is 6.61 Å². The summed E-state index contributed by atoms with van der Waals surface area (Å²) in [7, 11) is 1.37. The Kier molecular flexibility index (Phi) is 4.67. The van der Waals surface area contributed by atoms with E-state index >= 15 is 0 Å². The van der Waals surface area contributed by atoms with Gasteiger partial charge in [0.2, 0.25) is 0 Å². The van der Waals surface area contributed by atoms with Crippen LogP contribution in [0.1, 0.15) is 46.5 Å². The Morgan fingerprint density at radius 2 is 2.00 bits per heavy atom. The summed E-state index contributed by atoms with van der Waals surface area (Å²) in [5.41, 5.74) is 1.70. The maximum absolute atomic E-state index is 12.5. The van der Waals surface area contributed by atoms with Gasteiger partial charge in [0, 0.05) is 12.5 Å². The number of esters is 2. The van der Waals surface area contributed by atoms with Gasteiger partial charge in [0.15, 0.2) is 5.78 Å². The van der Waals surface area contributed by atoms with Crippen LogP contribution in [0, 0.1) is 16.7 Å². The number of hydrogen-bond donors (Lipinski definition) is 0. The predicted molar refractivity (Wildman–Crippen MR) is 96.1 cm³/mol. The first-order chi connectivity index (χ1) is 12.2. The first-order valence-corrected chi connectivity index (χ1v) is 9.10. The number of carbonyl (C=O) groups excluding carboxylic acids is 3. The van der Waals surface area contributed by atoms with Crippen molar-refractivity contribution < 1.29 is 23.9 Å². The van der Waals surface area contributed by atoms with Crippen molar-refractivity contribution >= 4 is 17.7 Å². The number of ketones is 1. The Balaban J connectivity index is 1.95. The summed E-state index contributed by atoms with van der Waals surface area (Å²) in [6.45, 7) is 6.44. The quantitative estimate of drug-likeness (QED) is 0.721. The average Bonchev–Trinajstić information content (AvgIpc) is 2.99. The third-order valence-corrected chi connectivity index (χ3v) is 5.95. The second-order valence-corrected chi connectivity index (χ2v) is 8.26. The summed E-state index contributed by atoms with van der Waals surface area (Å²) >= 11 is 0. The lowest BCUT2D eigenvalue weighted by Crippen LogP contribution is -2.42. The highest BCUT2D eigenvalue weighted by Gasteiger charge is 2.50. The molecule has 0 bridgehead atoms. The SMILES string of the molecule is COC(=O)[C@]1(C)CC(=O)C=C2C1=C[C@@H](C)CC2(C)CCC1=CC(=O)OC1.